The fraction of sp³-hybridized carbons (Fsp3) is 0.600. The summed E-state index contributed by atoms with van der Waals surface area (Å²) in [5.74, 6) is 0.0283. The van der Waals surface area contributed by atoms with Crippen LogP contribution < -0.4 is 5.32 Å². The summed E-state index contributed by atoms with van der Waals surface area (Å²) in [7, 11) is -3.71. The predicted octanol–water partition coefficient (Wildman–Crippen LogP) is 1.05. The number of nitrogens with one attached hydrogen (secondary N) is 1. The number of amides is 1. The van der Waals surface area contributed by atoms with E-state index in [1.165, 1.54) is 10.4 Å². The van der Waals surface area contributed by atoms with E-state index in [1.54, 1.807) is 17.9 Å². The van der Waals surface area contributed by atoms with Gasteiger partial charge in [0.25, 0.3) is 0 Å². The van der Waals surface area contributed by atoms with Gasteiger partial charge in [-0.2, -0.15) is 4.31 Å². The molecule has 3 rings (SSSR count). The minimum Gasteiger partial charge on any atom is -0.336 e. The number of piperazine rings is 1. The van der Waals surface area contributed by atoms with E-state index >= 15 is 0 Å². The van der Waals surface area contributed by atoms with E-state index in [0.717, 1.165) is 19.4 Å². The van der Waals surface area contributed by atoms with Crippen LogP contribution in [0.25, 0.3) is 0 Å². The highest BCUT2D eigenvalue weighted by molar-refractivity contribution is 7.89. The molecule has 0 radical (unpaired) electrons. The number of rotatable bonds is 3. The lowest BCUT2D eigenvalue weighted by Gasteiger charge is -2.40. The van der Waals surface area contributed by atoms with Crippen LogP contribution in [0.5, 0.6) is 0 Å². The molecule has 140 valence electrons. The first-order valence-electron chi connectivity index (χ1n) is 8.03. The zero-order valence-corrected chi connectivity index (χ0v) is 16.3. The van der Waals surface area contributed by atoms with Crippen molar-refractivity contribution in [3.8, 4) is 0 Å². The van der Waals surface area contributed by atoms with Crippen LogP contribution in [0.2, 0.25) is 5.15 Å². The maximum absolute atomic E-state index is 12.9. The van der Waals surface area contributed by atoms with Gasteiger partial charge in [0.15, 0.2) is 0 Å². The second-order valence-electron chi connectivity index (χ2n) is 6.16. The van der Waals surface area contributed by atoms with Gasteiger partial charge in [-0.15, -0.1) is 12.4 Å². The molecule has 0 bridgehead atoms. The van der Waals surface area contributed by atoms with E-state index in [4.69, 9.17) is 11.6 Å². The first-order valence-corrected chi connectivity index (χ1v) is 9.85. The van der Waals surface area contributed by atoms with E-state index < -0.39 is 10.0 Å². The number of nitrogens with zero attached hydrogens (tertiary/aromatic N) is 3. The number of halogens is 2. The Kier molecular flexibility index (Phi) is 6.67. The zero-order valence-electron chi connectivity index (χ0n) is 13.9. The van der Waals surface area contributed by atoms with Gasteiger partial charge in [0, 0.05) is 37.9 Å². The summed E-state index contributed by atoms with van der Waals surface area (Å²) in [5.41, 5.74) is 0.668. The number of aromatic nitrogens is 1. The van der Waals surface area contributed by atoms with Crippen molar-refractivity contribution in [3.63, 3.8) is 0 Å². The fourth-order valence-electron chi connectivity index (χ4n) is 3.24. The summed E-state index contributed by atoms with van der Waals surface area (Å²) < 4.78 is 27.3. The van der Waals surface area contributed by atoms with E-state index in [9.17, 15) is 13.2 Å². The molecule has 2 saturated heterocycles. The van der Waals surface area contributed by atoms with Crippen LogP contribution in [0.4, 0.5) is 0 Å². The Labute approximate surface area is 159 Å². The fourth-order valence-corrected chi connectivity index (χ4v) is 5.25. The van der Waals surface area contributed by atoms with E-state index in [2.05, 4.69) is 10.3 Å². The van der Waals surface area contributed by atoms with Crippen molar-refractivity contribution in [3.05, 3.63) is 23.0 Å². The van der Waals surface area contributed by atoms with Crippen molar-refractivity contribution >= 4 is 39.9 Å². The van der Waals surface area contributed by atoms with Gasteiger partial charge in [-0.05, 0) is 31.9 Å². The van der Waals surface area contributed by atoms with Crippen LogP contribution in [0, 0.1) is 6.92 Å². The number of sulfonamides is 1. The smallest absolute Gasteiger partial charge is 0.246 e. The molecule has 1 amide bonds. The molecule has 0 aliphatic carbocycles. The van der Waals surface area contributed by atoms with Crippen LogP contribution in [0.3, 0.4) is 0 Å². The van der Waals surface area contributed by atoms with Gasteiger partial charge < -0.3 is 10.2 Å². The molecule has 1 unspecified atom stereocenters. The highest BCUT2D eigenvalue weighted by atomic mass is 35.5. The van der Waals surface area contributed by atoms with Crippen LogP contribution in [0.15, 0.2) is 17.0 Å². The lowest BCUT2D eigenvalue weighted by atomic mass is 10.1. The zero-order chi connectivity index (χ0) is 17.3. The number of pyridine rings is 1. The standard InChI is InChI=1S/C15H21ClN4O3S.ClH/c1-11-4-5-13(15(16)18-11)24(22,23)19-7-2-3-12(10-19)20-8-6-17-9-14(20)21;/h4-5,12,17H,2-3,6-10H2,1H3;1H. The van der Waals surface area contributed by atoms with Gasteiger partial charge in [0.1, 0.15) is 10.0 Å². The molecule has 3 heterocycles. The molecule has 1 aromatic heterocycles. The second-order valence-corrected chi connectivity index (χ2v) is 8.43. The SMILES string of the molecule is Cc1ccc(S(=O)(=O)N2CCCC(N3CCNCC3=O)C2)c(Cl)n1.Cl. The minimum atomic E-state index is -3.71. The topological polar surface area (TPSA) is 82.6 Å². The summed E-state index contributed by atoms with van der Waals surface area (Å²) >= 11 is 6.05. The molecular weight excluding hydrogens is 387 g/mol. The average Bonchev–Trinajstić information content (AvgIpc) is 2.55. The Morgan fingerprint density at radius 2 is 2.08 bits per heavy atom. The van der Waals surface area contributed by atoms with Gasteiger partial charge >= 0.3 is 0 Å². The molecule has 0 aromatic carbocycles. The minimum absolute atomic E-state index is 0. The molecule has 25 heavy (non-hydrogen) atoms. The summed E-state index contributed by atoms with van der Waals surface area (Å²) in [4.78, 5) is 17.9. The lowest BCUT2D eigenvalue weighted by molar-refractivity contribution is -0.135. The largest absolute Gasteiger partial charge is 0.336 e. The number of hydrogen-bond donors (Lipinski definition) is 1. The summed E-state index contributed by atoms with van der Waals surface area (Å²) in [6, 6.07) is 3.06. The molecule has 0 saturated carbocycles. The van der Waals surface area contributed by atoms with Crippen LogP contribution in [0.1, 0.15) is 18.5 Å². The monoisotopic (exact) mass is 408 g/mol. The van der Waals surface area contributed by atoms with Crippen molar-refractivity contribution in [2.45, 2.75) is 30.7 Å². The average molecular weight is 409 g/mol. The number of carbonyl (C=O) groups is 1. The number of aryl methyl sites for hydroxylation is 1. The molecular formula is C15H22Cl2N4O3S. The summed E-state index contributed by atoms with van der Waals surface area (Å²) in [5, 5.41) is 3.03. The summed E-state index contributed by atoms with van der Waals surface area (Å²) in [6.07, 6.45) is 1.54. The third-order valence-electron chi connectivity index (χ3n) is 4.50. The molecule has 2 aliphatic rings. The number of hydrogen-bond acceptors (Lipinski definition) is 5. The highest BCUT2D eigenvalue weighted by Crippen LogP contribution is 2.27. The summed E-state index contributed by atoms with van der Waals surface area (Å²) in [6.45, 7) is 4.17. The van der Waals surface area contributed by atoms with Crippen molar-refractivity contribution in [1.82, 2.24) is 19.5 Å². The third kappa shape index (κ3) is 4.25. The maximum atomic E-state index is 12.9. The van der Waals surface area contributed by atoms with Crippen LogP contribution in [-0.4, -0.2) is 67.3 Å². The van der Waals surface area contributed by atoms with Gasteiger partial charge in [-0.25, -0.2) is 13.4 Å². The first-order chi connectivity index (χ1) is 11.4. The quantitative estimate of drug-likeness (QED) is 0.755. The van der Waals surface area contributed by atoms with Crippen LogP contribution in [-0.2, 0) is 14.8 Å². The number of piperidine rings is 1. The first kappa shape index (κ1) is 20.4. The molecule has 2 fully saturated rings. The van der Waals surface area contributed by atoms with Crippen molar-refractivity contribution in [2.24, 2.45) is 0 Å². The van der Waals surface area contributed by atoms with Crippen molar-refractivity contribution < 1.29 is 13.2 Å². The molecule has 1 N–H and O–H groups in total. The van der Waals surface area contributed by atoms with Crippen molar-refractivity contribution in [2.75, 3.05) is 32.7 Å². The molecule has 1 aromatic rings. The Bertz CT molecular complexity index is 744. The van der Waals surface area contributed by atoms with Crippen molar-refractivity contribution in [1.29, 1.82) is 0 Å². The van der Waals surface area contributed by atoms with E-state index in [1.807, 2.05) is 0 Å². The highest BCUT2D eigenvalue weighted by Gasteiger charge is 2.36. The van der Waals surface area contributed by atoms with Gasteiger partial charge in [0.05, 0.1) is 6.54 Å². The Morgan fingerprint density at radius 3 is 2.76 bits per heavy atom. The van der Waals surface area contributed by atoms with Gasteiger partial charge in [-0.1, -0.05) is 11.6 Å². The van der Waals surface area contributed by atoms with Crippen LogP contribution >= 0.6 is 24.0 Å². The lowest BCUT2D eigenvalue weighted by Crippen LogP contribution is -2.57. The third-order valence-corrected chi connectivity index (χ3v) is 6.79. The Morgan fingerprint density at radius 1 is 1.32 bits per heavy atom. The molecule has 7 nitrogen and oxygen atoms in total. The predicted molar refractivity (Wildman–Crippen MR) is 97.6 cm³/mol. The molecule has 2 aliphatic heterocycles. The molecule has 1 atom stereocenters. The maximum Gasteiger partial charge on any atom is 0.246 e. The van der Waals surface area contributed by atoms with E-state index in [0.29, 0.717) is 31.9 Å². The number of carbonyl (C=O) groups excluding carboxylic acids is 1. The Balaban J connectivity index is 0.00000225. The molecule has 10 heteroatoms. The van der Waals surface area contributed by atoms with Gasteiger partial charge in [0.2, 0.25) is 15.9 Å². The normalized spacial score (nSPS) is 22.6. The Hall–Kier alpha value is -0.930. The van der Waals surface area contributed by atoms with E-state index in [-0.39, 0.29) is 34.4 Å². The van der Waals surface area contributed by atoms with Gasteiger partial charge in [-0.3, -0.25) is 4.79 Å². The second kappa shape index (κ2) is 8.18. The molecule has 0 spiro atoms.